The average molecular weight is 208 g/mol. The molecule has 1 atom stereocenters. The van der Waals surface area contributed by atoms with Gasteiger partial charge in [0.1, 0.15) is 18.1 Å². The van der Waals surface area contributed by atoms with Crippen LogP contribution in [0.5, 0.6) is 17.2 Å². The molecule has 0 bridgehead atoms. The fourth-order valence-corrected chi connectivity index (χ4v) is 1.37. The zero-order valence-electron chi connectivity index (χ0n) is 8.43. The largest absolute Gasteiger partial charge is 0.490 e. The van der Waals surface area contributed by atoms with Crippen LogP contribution in [0.3, 0.4) is 0 Å². The summed E-state index contributed by atoms with van der Waals surface area (Å²) in [6.45, 7) is 2.10. The maximum Gasteiger partial charge on any atom is 0.231 e. The van der Waals surface area contributed by atoms with Crippen LogP contribution in [-0.4, -0.2) is 19.2 Å². The number of hydrogen-bond acceptors (Lipinski definition) is 4. The number of aldehydes is 1. The van der Waals surface area contributed by atoms with E-state index < -0.39 is 0 Å². The van der Waals surface area contributed by atoms with Gasteiger partial charge in [-0.2, -0.15) is 0 Å². The van der Waals surface area contributed by atoms with Crippen molar-refractivity contribution in [2.75, 3.05) is 6.79 Å². The third-order valence-corrected chi connectivity index (χ3v) is 2.11. The highest BCUT2D eigenvalue weighted by molar-refractivity contribution is 5.50. The van der Waals surface area contributed by atoms with Gasteiger partial charge in [0.25, 0.3) is 0 Å². The molecular weight excluding hydrogens is 196 g/mol. The summed E-state index contributed by atoms with van der Waals surface area (Å²) >= 11 is 0. The molecule has 1 aromatic rings. The van der Waals surface area contributed by atoms with Gasteiger partial charge in [0, 0.05) is 12.5 Å². The highest BCUT2D eigenvalue weighted by Gasteiger charge is 2.14. The van der Waals surface area contributed by atoms with Crippen LogP contribution in [0, 0.1) is 0 Å². The van der Waals surface area contributed by atoms with Gasteiger partial charge in [-0.3, -0.25) is 0 Å². The van der Waals surface area contributed by atoms with Crippen molar-refractivity contribution in [1.82, 2.24) is 0 Å². The summed E-state index contributed by atoms with van der Waals surface area (Å²) in [6, 6.07) is 5.36. The molecule has 1 aliphatic rings. The smallest absolute Gasteiger partial charge is 0.231 e. The second-order valence-electron chi connectivity index (χ2n) is 3.35. The first kappa shape index (κ1) is 9.83. The zero-order valence-corrected chi connectivity index (χ0v) is 8.43. The van der Waals surface area contributed by atoms with E-state index in [1.54, 1.807) is 18.2 Å². The predicted octanol–water partition coefficient (Wildman–Crippen LogP) is 1.77. The molecule has 0 aromatic heterocycles. The molecule has 0 N–H and O–H groups in total. The Morgan fingerprint density at radius 1 is 1.47 bits per heavy atom. The Balaban J connectivity index is 2.06. The van der Waals surface area contributed by atoms with E-state index in [9.17, 15) is 4.79 Å². The molecular formula is C11H12O4. The fourth-order valence-electron chi connectivity index (χ4n) is 1.37. The highest BCUT2D eigenvalue weighted by atomic mass is 16.7. The minimum Gasteiger partial charge on any atom is -0.490 e. The van der Waals surface area contributed by atoms with Crippen LogP contribution in [-0.2, 0) is 4.79 Å². The van der Waals surface area contributed by atoms with Gasteiger partial charge < -0.3 is 19.0 Å². The monoisotopic (exact) mass is 208 g/mol. The number of carbonyl (C=O) groups excluding carboxylic acids is 1. The maximum atomic E-state index is 10.3. The Hall–Kier alpha value is -1.71. The maximum absolute atomic E-state index is 10.3. The minimum atomic E-state index is -0.122. The van der Waals surface area contributed by atoms with Crippen LogP contribution in [0.2, 0.25) is 0 Å². The van der Waals surface area contributed by atoms with Gasteiger partial charge in [0.05, 0.1) is 0 Å². The number of ether oxygens (including phenoxy) is 3. The summed E-state index contributed by atoms with van der Waals surface area (Å²) in [5, 5.41) is 0. The van der Waals surface area contributed by atoms with Crippen LogP contribution < -0.4 is 14.2 Å². The standard InChI is InChI=1S/C11H12O4/c1-8(4-5-12)15-9-2-3-10-11(6-9)14-7-13-10/h2-3,5-6,8H,4,7H2,1H3. The number of hydrogen-bond donors (Lipinski definition) is 0. The van der Waals surface area contributed by atoms with Gasteiger partial charge in [-0.1, -0.05) is 0 Å². The summed E-state index contributed by atoms with van der Waals surface area (Å²) in [6.07, 6.45) is 1.11. The van der Waals surface area contributed by atoms with E-state index in [2.05, 4.69) is 0 Å². The molecule has 0 amide bonds. The first-order valence-corrected chi connectivity index (χ1v) is 4.79. The number of carbonyl (C=O) groups is 1. The van der Waals surface area contributed by atoms with Crippen LogP contribution in [0.1, 0.15) is 13.3 Å². The predicted molar refractivity (Wildman–Crippen MR) is 53.3 cm³/mol. The second-order valence-corrected chi connectivity index (χ2v) is 3.35. The Kier molecular flexibility index (Phi) is 2.76. The molecule has 1 aliphatic heterocycles. The number of fused-ring (bicyclic) bond motifs is 1. The van der Waals surface area contributed by atoms with Gasteiger partial charge in [-0.15, -0.1) is 0 Å². The van der Waals surface area contributed by atoms with E-state index in [4.69, 9.17) is 14.2 Å². The molecule has 0 saturated carbocycles. The lowest BCUT2D eigenvalue weighted by Crippen LogP contribution is -2.11. The quantitative estimate of drug-likeness (QED) is 0.707. The van der Waals surface area contributed by atoms with Crippen LogP contribution in [0.25, 0.3) is 0 Å². The summed E-state index contributed by atoms with van der Waals surface area (Å²) in [7, 11) is 0. The van der Waals surface area contributed by atoms with Crippen molar-refractivity contribution >= 4 is 6.29 Å². The average Bonchev–Trinajstić information content (AvgIpc) is 2.65. The summed E-state index contributed by atoms with van der Waals surface area (Å²) in [5.74, 6) is 2.10. The molecule has 80 valence electrons. The minimum absolute atomic E-state index is 0.122. The molecule has 4 heteroatoms. The summed E-state index contributed by atoms with van der Waals surface area (Å²) in [5.41, 5.74) is 0. The lowest BCUT2D eigenvalue weighted by molar-refractivity contribution is -0.109. The fraction of sp³-hybridized carbons (Fsp3) is 0.364. The second kappa shape index (κ2) is 4.21. The first-order valence-electron chi connectivity index (χ1n) is 4.79. The SMILES string of the molecule is CC(CC=O)Oc1ccc2c(c1)OCO2. The van der Waals surface area contributed by atoms with Gasteiger partial charge >= 0.3 is 0 Å². The van der Waals surface area contributed by atoms with Gasteiger partial charge in [0.2, 0.25) is 6.79 Å². The van der Waals surface area contributed by atoms with Crippen molar-refractivity contribution in [2.24, 2.45) is 0 Å². The molecule has 4 nitrogen and oxygen atoms in total. The Bertz CT molecular complexity index is 362. The molecule has 0 saturated heterocycles. The number of rotatable bonds is 4. The summed E-state index contributed by atoms with van der Waals surface area (Å²) in [4.78, 5) is 10.3. The molecule has 15 heavy (non-hydrogen) atoms. The Morgan fingerprint density at radius 3 is 3.07 bits per heavy atom. The topological polar surface area (TPSA) is 44.8 Å². The van der Waals surface area contributed by atoms with Crippen LogP contribution in [0.15, 0.2) is 18.2 Å². The van der Waals surface area contributed by atoms with E-state index in [-0.39, 0.29) is 12.9 Å². The Labute approximate surface area is 87.8 Å². The lowest BCUT2D eigenvalue weighted by Gasteiger charge is -2.11. The van der Waals surface area contributed by atoms with E-state index in [1.165, 1.54) is 0 Å². The summed E-state index contributed by atoms with van der Waals surface area (Å²) < 4.78 is 15.9. The highest BCUT2D eigenvalue weighted by Crippen LogP contribution is 2.35. The van der Waals surface area contributed by atoms with Crippen molar-refractivity contribution in [1.29, 1.82) is 0 Å². The molecule has 1 heterocycles. The molecule has 0 spiro atoms. The van der Waals surface area contributed by atoms with Crippen LogP contribution >= 0.6 is 0 Å². The van der Waals surface area contributed by atoms with Gasteiger partial charge in [-0.05, 0) is 19.1 Å². The Morgan fingerprint density at radius 2 is 2.27 bits per heavy atom. The molecule has 1 unspecified atom stereocenters. The van der Waals surface area contributed by atoms with E-state index in [0.29, 0.717) is 17.9 Å². The normalized spacial score (nSPS) is 14.7. The van der Waals surface area contributed by atoms with Gasteiger partial charge in [0.15, 0.2) is 11.5 Å². The molecule has 0 radical (unpaired) electrons. The molecule has 0 aliphatic carbocycles. The third-order valence-electron chi connectivity index (χ3n) is 2.11. The van der Waals surface area contributed by atoms with E-state index in [0.717, 1.165) is 12.0 Å². The van der Waals surface area contributed by atoms with Crippen molar-refractivity contribution in [3.8, 4) is 17.2 Å². The zero-order chi connectivity index (χ0) is 10.7. The van der Waals surface area contributed by atoms with E-state index >= 15 is 0 Å². The van der Waals surface area contributed by atoms with Crippen LogP contribution in [0.4, 0.5) is 0 Å². The lowest BCUT2D eigenvalue weighted by atomic mass is 10.3. The van der Waals surface area contributed by atoms with Crippen molar-refractivity contribution in [2.45, 2.75) is 19.4 Å². The third kappa shape index (κ3) is 2.21. The molecule has 0 fully saturated rings. The van der Waals surface area contributed by atoms with E-state index in [1.807, 2.05) is 6.92 Å². The number of benzene rings is 1. The van der Waals surface area contributed by atoms with Crippen molar-refractivity contribution in [3.63, 3.8) is 0 Å². The van der Waals surface area contributed by atoms with Crippen molar-refractivity contribution in [3.05, 3.63) is 18.2 Å². The molecule has 2 rings (SSSR count). The van der Waals surface area contributed by atoms with Gasteiger partial charge in [-0.25, -0.2) is 0 Å². The first-order chi connectivity index (χ1) is 7.29. The van der Waals surface area contributed by atoms with Crippen molar-refractivity contribution < 1.29 is 19.0 Å². The molecule has 1 aromatic carbocycles.